The molecule has 19 heavy (non-hydrogen) atoms. The second-order valence-electron chi connectivity index (χ2n) is 4.71. The lowest BCUT2D eigenvalue weighted by molar-refractivity contribution is -0.161. The van der Waals surface area contributed by atoms with Gasteiger partial charge in [0.15, 0.2) is 5.54 Å². The number of hydrogen-bond acceptors (Lipinski definition) is 3. The Morgan fingerprint density at radius 1 is 1.47 bits per heavy atom. The number of nitrogens with zero attached hydrogens (tertiary/aromatic N) is 1. The van der Waals surface area contributed by atoms with E-state index in [4.69, 9.17) is 4.74 Å². The molecule has 0 radical (unpaired) electrons. The van der Waals surface area contributed by atoms with Gasteiger partial charge in [-0.15, -0.1) is 0 Å². The average molecular weight is 263 g/mol. The Morgan fingerprint density at radius 3 is 2.53 bits per heavy atom. The van der Waals surface area contributed by atoms with Gasteiger partial charge in [0.05, 0.1) is 6.61 Å². The van der Waals surface area contributed by atoms with Crippen molar-refractivity contribution in [1.82, 2.24) is 4.90 Å². The molecule has 1 aromatic carbocycles. The Morgan fingerprint density at radius 2 is 2.11 bits per heavy atom. The molecule has 102 valence electrons. The van der Waals surface area contributed by atoms with E-state index < -0.39 is 11.5 Å². The molecule has 1 aromatic rings. The van der Waals surface area contributed by atoms with Crippen molar-refractivity contribution in [1.29, 1.82) is 0 Å². The lowest BCUT2D eigenvalue weighted by Crippen LogP contribution is -2.55. The van der Waals surface area contributed by atoms with Gasteiger partial charge >= 0.3 is 5.97 Å². The van der Waals surface area contributed by atoms with Crippen LogP contribution in [0.25, 0.3) is 0 Å². The number of carboxylic acid groups (broad SMARTS) is 1. The predicted molar refractivity (Wildman–Crippen MR) is 68.6 cm³/mol. The molecule has 1 atom stereocenters. The Balaban J connectivity index is 2.52. The van der Waals surface area contributed by atoms with Gasteiger partial charge in [-0.05, 0) is 18.4 Å². The van der Waals surface area contributed by atoms with Crippen molar-refractivity contribution in [3.8, 4) is 0 Å². The topological polar surface area (TPSA) is 66.8 Å². The van der Waals surface area contributed by atoms with E-state index >= 15 is 0 Å². The van der Waals surface area contributed by atoms with Crippen molar-refractivity contribution >= 4 is 12.4 Å². The number of ether oxygens (including phenoxy) is 1. The molecule has 1 aliphatic rings. The fraction of sp³-hybridized carbons (Fsp3) is 0.429. The minimum atomic E-state index is -1.45. The van der Waals surface area contributed by atoms with E-state index in [9.17, 15) is 14.7 Å². The van der Waals surface area contributed by atoms with Crippen LogP contribution in [0.2, 0.25) is 0 Å². The Labute approximate surface area is 111 Å². The van der Waals surface area contributed by atoms with Crippen molar-refractivity contribution in [3.63, 3.8) is 0 Å². The first-order valence-corrected chi connectivity index (χ1v) is 6.18. The summed E-state index contributed by atoms with van der Waals surface area (Å²) in [6, 6.07) is 8.75. The summed E-state index contributed by atoms with van der Waals surface area (Å²) in [4.78, 5) is 24.6. The van der Waals surface area contributed by atoms with Crippen LogP contribution in [0.4, 0.5) is 0 Å². The number of carboxylic acids is 1. The third-order valence-electron chi connectivity index (χ3n) is 3.45. The van der Waals surface area contributed by atoms with Gasteiger partial charge in [-0.3, -0.25) is 4.79 Å². The van der Waals surface area contributed by atoms with Crippen molar-refractivity contribution in [2.75, 3.05) is 13.7 Å². The minimum absolute atomic E-state index is 0.0102. The third-order valence-corrected chi connectivity index (χ3v) is 3.45. The highest BCUT2D eigenvalue weighted by Crippen LogP contribution is 2.38. The smallest absolute Gasteiger partial charge is 0.336 e. The summed E-state index contributed by atoms with van der Waals surface area (Å²) in [6.07, 6.45) is 2.30. The van der Waals surface area contributed by atoms with Crippen LogP contribution in [0.5, 0.6) is 0 Å². The summed E-state index contributed by atoms with van der Waals surface area (Å²) in [7, 11) is 1.44. The second-order valence-corrected chi connectivity index (χ2v) is 4.71. The number of aliphatic carboxylic acids is 1. The highest BCUT2D eigenvalue weighted by atomic mass is 16.5. The summed E-state index contributed by atoms with van der Waals surface area (Å²) >= 11 is 0. The molecule has 1 fully saturated rings. The molecule has 1 aliphatic carbocycles. The van der Waals surface area contributed by atoms with Gasteiger partial charge < -0.3 is 14.7 Å². The Kier molecular flexibility index (Phi) is 3.85. The Hall–Kier alpha value is -1.88. The van der Waals surface area contributed by atoms with Gasteiger partial charge in [0.1, 0.15) is 0 Å². The summed E-state index contributed by atoms with van der Waals surface area (Å²) in [6.45, 7) is -0.0679. The number of amides is 1. The van der Waals surface area contributed by atoms with E-state index in [1.165, 1.54) is 12.0 Å². The maximum atomic E-state index is 11.9. The van der Waals surface area contributed by atoms with Gasteiger partial charge in [-0.1, -0.05) is 30.3 Å². The van der Waals surface area contributed by atoms with Crippen LogP contribution in [0.1, 0.15) is 18.4 Å². The molecule has 2 rings (SSSR count). The lowest BCUT2D eigenvalue weighted by atomic mass is 9.88. The normalized spacial score (nSPS) is 17.5. The van der Waals surface area contributed by atoms with Crippen molar-refractivity contribution < 1.29 is 19.4 Å². The fourth-order valence-electron chi connectivity index (χ4n) is 2.37. The van der Waals surface area contributed by atoms with Gasteiger partial charge in [0.25, 0.3) is 0 Å². The molecule has 5 nitrogen and oxygen atoms in total. The summed E-state index contributed by atoms with van der Waals surface area (Å²) in [5, 5.41) is 9.71. The van der Waals surface area contributed by atoms with Crippen LogP contribution in [0.15, 0.2) is 30.3 Å². The number of benzene rings is 1. The summed E-state index contributed by atoms with van der Waals surface area (Å²) in [5.74, 6) is -1.07. The van der Waals surface area contributed by atoms with Crippen LogP contribution in [0.3, 0.4) is 0 Å². The van der Waals surface area contributed by atoms with E-state index in [0.29, 0.717) is 12.0 Å². The number of carbonyl (C=O) groups excluding carboxylic acids is 1. The quantitative estimate of drug-likeness (QED) is 0.751. The van der Waals surface area contributed by atoms with Crippen LogP contribution in [0, 0.1) is 0 Å². The SMILES string of the molecule is COCC(C(=O)O)(c1ccccc1)N(C=O)C1CC1. The Bertz CT molecular complexity index is 458. The highest BCUT2D eigenvalue weighted by molar-refractivity contribution is 5.84. The van der Waals surface area contributed by atoms with Crippen molar-refractivity contribution in [2.24, 2.45) is 0 Å². The summed E-state index contributed by atoms with van der Waals surface area (Å²) < 4.78 is 5.10. The van der Waals surface area contributed by atoms with Crippen LogP contribution >= 0.6 is 0 Å². The molecular formula is C14H17NO4. The van der Waals surface area contributed by atoms with E-state index in [2.05, 4.69) is 0 Å². The van der Waals surface area contributed by atoms with Gasteiger partial charge in [0.2, 0.25) is 6.41 Å². The molecule has 0 heterocycles. The largest absolute Gasteiger partial charge is 0.479 e. The van der Waals surface area contributed by atoms with Crippen LogP contribution in [-0.4, -0.2) is 42.1 Å². The molecule has 1 amide bonds. The first-order chi connectivity index (χ1) is 9.16. The first-order valence-electron chi connectivity index (χ1n) is 6.18. The molecule has 0 aromatic heterocycles. The van der Waals surface area contributed by atoms with Gasteiger partial charge in [-0.2, -0.15) is 0 Å². The predicted octanol–water partition coefficient (Wildman–Crippen LogP) is 1.23. The average Bonchev–Trinajstić information content (AvgIpc) is 3.23. The molecular weight excluding hydrogens is 246 g/mol. The maximum Gasteiger partial charge on any atom is 0.336 e. The van der Waals surface area contributed by atoms with Crippen LogP contribution in [-0.2, 0) is 19.9 Å². The molecule has 1 N–H and O–H groups in total. The molecule has 5 heteroatoms. The zero-order valence-corrected chi connectivity index (χ0v) is 10.8. The second kappa shape index (κ2) is 5.40. The molecule has 1 unspecified atom stereocenters. The zero-order valence-electron chi connectivity index (χ0n) is 10.8. The molecule has 0 spiro atoms. The highest BCUT2D eigenvalue weighted by Gasteiger charge is 2.51. The lowest BCUT2D eigenvalue weighted by Gasteiger charge is -2.38. The zero-order chi connectivity index (χ0) is 13.9. The fourth-order valence-corrected chi connectivity index (χ4v) is 2.37. The van der Waals surface area contributed by atoms with Gasteiger partial charge in [0, 0.05) is 13.2 Å². The molecule has 1 saturated carbocycles. The maximum absolute atomic E-state index is 11.9. The first kappa shape index (κ1) is 13.5. The van der Waals surface area contributed by atoms with E-state index in [0.717, 1.165) is 12.8 Å². The molecule has 0 aliphatic heterocycles. The monoisotopic (exact) mass is 263 g/mol. The minimum Gasteiger partial charge on any atom is -0.479 e. The molecule has 0 bridgehead atoms. The summed E-state index contributed by atoms with van der Waals surface area (Å²) in [5.41, 5.74) is -0.887. The standard InChI is InChI=1S/C14H17NO4/c1-19-9-14(13(17)18,11-5-3-2-4-6-11)15(10-16)12-7-8-12/h2-6,10,12H,7-9H2,1H3,(H,17,18). The van der Waals surface area contributed by atoms with Crippen LogP contribution < -0.4 is 0 Å². The van der Waals surface area contributed by atoms with E-state index in [1.54, 1.807) is 24.3 Å². The van der Waals surface area contributed by atoms with Crippen molar-refractivity contribution in [3.05, 3.63) is 35.9 Å². The number of rotatable bonds is 7. The third kappa shape index (κ3) is 2.33. The van der Waals surface area contributed by atoms with Crippen molar-refractivity contribution in [2.45, 2.75) is 24.4 Å². The van der Waals surface area contributed by atoms with Gasteiger partial charge in [-0.25, -0.2) is 4.79 Å². The number of carbonyl (C=O) groups is 2. The van der Waals surface area contributed by atoms with E-state index in [1.807, 2.05) is 6.07 Å². The van der Waals surface area contributed by atoms with E-state index in [-0.39, 0.29) is 12.6 Å². The number of hydrogen-bond donors (Lipinski definition) is 1. The number of methoxy groups -OCH3 is 1. The molecule has 0 saturated heterocycles.